The highest BCUT2D eigenvalue weighted by Crippen LogP contribution is 2.26. The van der Waals surface area contributed by atoms with Crippen LogP contribution in [-0.2, 0) is 0 Å². The molecule has 2 heteroatoms. The highest BCUT2D eigenvalue weighted by molar-refractivity contribution is 5.36. The Balaban J connectivity index is 2.24. The van der Waals surface area contributed by atoms with Crippen LogP contribution in [0, 0.1) is 6.92 Å². The molecule has 1 atom stereocenters. The fourth-order valence-electron chi connectivity index (χ4n) is 2.26. The third-order valence-electron chi connectivity index (χ3n) is 3.40. The van der Waals surface area contributed by atoms with Crippen molar-refractivity contribution in [2.45, 2.75) is 32.8 Å². The average Bonchev–Trinajstić information content (AvgIpc) is 2.45. The van der Waals surface area contributed by atoms with Gasteiger partial charge >= 0.3 is 0 Å². The van der Waals surface area contributed by atoms with Crippen molar-refractivity contribution < 1.29 is 4.74 Å². The van der Waals surface area contributed by atoms with Crippen LogP contribution in [0.5, 0.6) is 5.75 Å². The van der Waals surface area contributed by atoms with Gasteiger partial charge in [0.25, 0.3) is 0 Å². The van der Waals surface area contributed by atoms with Crippen LogP contribution >= 0.6 is 0 Å². The van der Waals surface area contributed by atoms with Crippen LogP contribution in [0.3, 0.4) is 0 Å². The molecule has 2 rings (SSSR count). The van der Waals surface area contributed by atoms with Gasteiger partial charge in [0.2, 0.25) is 0 Å². The monoisotopic (exact) mass is 269 g/mol. The molecule has 2 aromatic rings. The lowest BCUT2D eigenvalue weighted by Crippen LogP contribution is -2.18. The van der Waals surface area contributed by atoms with Crippen molar-refractivity contribution in [2.75, 3.05) is 6.54 Å². The van der Waals surface area contributed by atoms with E-state index in [1.54, 1.807) is 0 Å². The molecule has 0 bridgehead atoms. The number of hydrogen-bond donors (Lipinski definition) is 1. The van der Waals surface area contributed by atoms with E-state index in [-0.39, 0.29) is 6.10 Å². The Hall–Kier alpha value is -1.80. The van der Waals surface area contributed by atoms with E-state index in [9.17, 15) is 0 Å². The average molecular weight is 269 g/mol. The van der Waals surface area contributed by atoms with Gasteiger partial charge in [-0.15, -0.1) is 0 Å². The number of hydrogen-bond acceptors (Lipinski definition) is 2. The second kappa shape index (κ2) is 6.58. The summed E-state index contributed by atoms with van der Waals surface area (Å²) < 4.78 is 6.10. The molecular formula is C18H23NO. The maximum atomic E-state index is 6.10. The maximum Gasteiger partial charge on any atom is 0.136 e. The van der Waals surface area contributed by atoms with E-state index in [4.69, 9.17) is 10.5 Å². The molecule has 0 aliphatic carbocycles. The molecule has 0 aliphatic rings. The first-order chi connectivity index (χ1) is 9.60. The Morgan fingerprint density at radius 2 is 1.70 bits per heavy atom. The van der Waals surface area contributed by atoms with Crippen LogP contribution in [0.15, 0.2) is 48.5 Å². The zero-order chi connectivity index (χ0) is 14.5. The first kappa shape index (κ1) is 14.6. The van der Waals surface area contributed by atoms with Crippen LogP contribution in [0.2, 0.25) is 0 Å². The van der Waals surface area contributed by atoms with Gasteiger partial charge in [-0.1, -0.05) is 50.2 Å². The van der Waals surface area contributed by atoms with Gasteiger partial charge in [-0.3, -0.25) is 0 Å². The predicted molar refractivity (Wildman–Crippen MR) is 84.1 cm³/mol. The largest absolute Gasteiger partial charge is 0.484 e. The smallest absolute Gasteiger partial charge is 0.136 e. The van der Waals surface area contributed by atoms with Gasteiger partial charge in [-0.25, -0.2) is 0 Å². The van der Waals surface area contributed by atoms with Crippen molar-refractivity contribution in [1.29, 1.82) is 0 Å². The van der Waals surface area contributed by atoms with E-state index in [0.29, 0.717) is 12.5 Å². The van der Waals surface area contributed by atoms with E-state index in [0.717, 1.165) is 11.3 Å². The number of rotatable bonds is 5. The molecule has 0 heterocycles. The van der Waals surface area contributed by atoms with Gasteiger partial charge < -0.3 is 10.5 Å². The molecule has 0 amide bonds. The Morgan fingerprint density at radius 1 is 1.00 bits per heavy atom. The van der Waals surface area contributed by atoms with E-state index in [1.165, 1.54) is 11.1 Å². The van der Waals surface area contributed by atoms with Crippen molar-refractivity contribution in [2.24, 2.45) is 5.73 Å². The van der Waals surface area contributed by atoms with Crippen LogP contribution < -0.4 is 10.5 Å². The fraction of sp³-hybridized carbons (Fsp3) is 0.333. The third-order valence-corrected chi connectivity index (χ3v) is 3.40. The summed E-state index contributed by atoms with van der Waals surface area (Å²) >= 11 is 0. The van der Waals surface area contributed by atoms with E-state index < -0.39 is 0 Å². The SMILES string of the molecule is Cc1cc(OC(CN)c2ccccc2)cc(C(C)C)c1. The molecule has 1 unspecified atom stereocenters. The van der Waals surface area contributed by atoms with Gasteiger partial charge in [-0.2, -0.15) is 0 Å². The third kappa shape index (κ3) is 3.61. The van der Waals surface area contributed by atoms with Crippen molar-refractivity contribution >= 4 is 0 Å². The Kier molecular flexibility index (Phi) is 4.80. The summed E-state index contributed by atoms with van der Waals surface area (Å²) in [6.07, 6.45) is -0.0991. The number of benzene rings is 2. The Bertz CT molecular complexity index is 549. The topological polar surface area (TPSA) is 35.2 Å². The number of ether oxygens (including phenoxy) is 1. The molecule has 2 aromatic carbocycles. The van der Waals surface area contributed by atoms with E-state index in [1.807, 2.05) is 18.2 Å². The first-order valence-corrected chi connectivity index (χ1v) is 7.13. The lowest BCUT2D eigenvalue weighted by molar-refractivity contribution is 0.214. The lowest BCUT2D eigenvalue weighted by atomic mass is 10.0. The Morgan fingerprint density at radius 3 is 2.30 bits per heavy atom. The maximum absolute atomic E-state index is 6.10. The summed E-state index contributed by atoms with van der Waals surface area (Å²) in [6.45, 7) is 6.94. The summed E-state index contributed by atoms with van der Waals surface area (Å²) in [7, 11) is 0. The zero-order valence-electron chi connectivity index (χ0n) is 12.5. The second-order valence-electron chi connectivity index (χ2n) is 5.49. The van der Waals surface area contributed by atoms with E-state index in [2.05, 4.69) is 51.1 Å². The highest BCUT2D eigenvalue weighted by Gasteiger charge is 2.12. The minimum atomic E-state index is -0.0991. The second-order valence-corrected chi connectivity index (χ2v) is 5.49. The molecule has 0 aromatic heterocycles. The van der Waals surface area contributed by atoms with Gasteiger partial charge in [0, 0.05) is 6.54 Å². The predicted octanol–water partition coefficient (Wildman–Crippen LogP) is 4.20. The fourth-order valence-corrected chi connectivity index (χ4v) is 2.26. The number of aryl methyl sites for hydroxylation is 1. The lowest BCUT2D eigenvalue weighted by Gasteiger charge is -2.19. The summed E-state index contributed by atoms with van der Waals surface area (Å²) in [5, 5.41) is 0. The van der Waals surface area contributed by atoms with Crippen LogP contribution in [0.25, 0.3) is 0 Å². The summed E-state index contributed by atoms with van der Waals surface area (Å²) in [5.74, 6) is 1.39. The van der Waals surface area contributed by atoms with Gasteiger partial charge in [0.15, 0.2) is 0 Å². The van der Waals surface area contributed by atoms with Gasteiger partial charge in [-0.05, 0) is 41.7 Å². The summed E-state index contributed by atoms with van der Waals surface area (Å²) in [5.41, 5.74) is 9.49. The van der Waals surface area contributed by atoms with E-state index >= 15 is 0 Å². The summed E-state index contributed by atoms with van der Waals surface area (Å²) in [6, 6.07) is 16.5. The van der Waals surface area contributed by atoms with Crippen molar-refractivity contribution in [3.63, 3.8) is 0 Å². The molecule has 106 valence electrons. The molecule has 0 spiro atoms. The molecule has 2 N–H and O–H groups in total. The van der Waals surface area contributed by atoms with Crippen molar-refractivity contribution in [3.05, 3.63) is 65.2 Å². The molecule has 2 nitrogen and oxygen atoms in total. The van der Waals surface area contributed by atoms with Gasteiger partial charge in [0.1, 0.15) is 11.9 Å². The van der Waals surface area contributed by atoms with Crippen molar-refractivity contribution in [1.82, 2.24) is 0 Å². The van der Waals surface area contributed by atoms with Crippen LogP contribution in [-0.4, -0.2) is 6.54 Å². The Labute approximate surface area is 121 Å². The quantitative estimate of drug-likeness (QED) is 0.883. The molecule has 0 saturated carbocycles. The number of nitrogens with two attached hydrogens (primary N) is 1. The van der Waals surface area contributed by atoms with Crippen molar-refractivity contribution in [3.8, 4) is 5.75 Å². The molecule has 20 heavy (non-hydrogen) atoms. The highest BCUT2D eigenvalue weighted by atomic mass is 16.5. The minimum absolute atomic E-state index is 0.0991. The van der Waals surface area contributed by atoms with Gasteiger partial charge in [0.05, 0.1) is 0 Å². The van der Waals surface area contributed by atoms with Crippen LogP contribution in [0.4, 0.5) is 0 Å². The molecule has 0 fully saturated rings. The standard InChI is InChI=1S/C18H23NO/c1-13(2)16-9-14(3)10-17(11-16)20-18(12-19)15-7-5-4-6-8-15/h4-11,13,18H,12,19H2,1-3H3. The molecule has 0 aliphatic heterocycles. The summed E-state index contributed by atoms with van der Waals surface area (Å²) in [4.78, 5) is 0. The first-order valence-electron chi connectivity index (χ1n) is 7.13. The zero-order valence-corrected chi connectivity index (χ0v) is 12.5. The van der Waals surface area contributed by atoms with Crippen LogP contribution in [0.1, 0.15) is 42.6 Å². The molecular weight excluding hydrogens is 246 g/mol. The normalized spacial score (nSPS) is 12.4. The molecule has 0 saturated heterocycles. The minimum Gasteiger partial charge on any atom is -0.484 e. The molecule has 0 radical (unpaired) electrons.